The van der Waals surface area contributed by atoms with Crippen LogP contribution in [0.4, 0.5) is 0 Å². The number of ether oxygens (including phenoxy) is 6. The van der Waals surface area contributed by atoms with E-state index < -0.39 is 114 Å². The molecule has 262 valence electrons. The number of phenols is 3. The zero-order valence-electron chi connectivity index (χ0n) is 25.3. The predicted octanol–water partition coefficient (Wildman–Crippen LogP) is -1.84. The van der Waals surface area contributed by atoms with E-state index in [1.807, 2.05) is 0 Å². The molecule has 3 aromatic rings. The monoisotopic (exact) mass is 682 g/mol. The number of aromatic hydroxyl groups is 3. The van der Waals surface area contributed by atoms with Crippen molar-refractivity contribution in [2.75, 3.05) is 20.3 Å². The van der Waals surface area contributed by atoms with Gasteiger partial charge in [0.2, 0.25) is 12.0 Å². The Morgan fingerprint density at radius 1 is 0.833 bits per heavy atom. The van der Waals surface area contributed by atoms with Gasteiger partial charge in [0, 0.05) is 24.6 Å². The van der Waals surface area contributed by atoms with Gasteiger partial charge >= 0.3 is 5.97 Å². The molecule has 9 N–H and O–H groups in total. The van der Waals surface area contributed by atoms with Crippen LogP contribution in [0.2, 0.25) is 0 Å². The highest BCUT2D eigenvalue weighted by molar-refractivity contribution is 5.91. The van der Waals surface area contributed by atoms with Gasteiger partial charge in [0.15, 0.2) is 40.7 Å². The van der Waals surface area contributed by atoms with Crippen LogP contribution in [-0.4, -0.2) is 134 Å². The Balaban J connectivity index is 1.49. The van der Waals surface area contributed by atoms with Crippen LogP contribution in [0, 0.1) is 0 Å². The highest BCUT2D eigenvalue weighted by Gasteiger charge is 2.51. The second-order valence-corrected chi connectivity index (χ2v) is 11.1. The molecule has 10 atom stereocenters. The highest BCUT2D eigenvalue weighted by Crippen LogP contribution is 2.42. The molecule has 2 aliphatic rings. The van der Waals surface area contributed by atoms with Crippen molar-refractivity contribution < 1.29 is 83.6 Å². The molecule has 0 spiro atoms. The third-order valence-corrected chi connectivity index (χ3v) is 7.86. The number of aliphatic hydroxyl groups excluding tert-OH is 6. The van der Waals surface area contributed by atoms with E-state index in [9.17, 15) is 55.5 Å². The van der Waals surface area contributed by atoms with E-state index in [-0.39, 0.29) is 22.8 Å². The number of esters is 1. The van der Waals surface area contributed by atoms with E-state index in [1.165, 1.54) is 25.3 Å². The van der Waals surface area contributed by atoms with E-state index in [4.69, 9.17) is 32.8 Å². The lowest BCUT2D eigenvalue weighted by Crippen LogP contribution is -2.65. The topological polar surface area (TPSA) is 285 Å². The van der Waals surface area contributed by atoms with E-state index in [0.717, 1.165) is 19.1 Å². The fraction of sp³-hybridized carbons (Fsp3) is 0.467. The molecule has 18 nitrogen and oxygen atoms in total. The second-order valence-electron chi connectivity index (χ2n) is 11.1. The van der Waals surface area contributed by atoms with E-state index in [2.05, 4.69) is 0 Å². The number of methoxy groups -OCH3 is 1. The van der Waals surface area contributed by atoms with Gasteiger partial charge in [-0.3, -0.25) is 9.59 Å². The standard InChI is InChI=1S/C30H34O18/c1-10(32)43-9-19-22(37)24(39)26(41)29(47-19)48-28-25(40)21(36)18(8-31)46-30(28)45-17-7-14(35)20-13(34)6-16(44-27(20)23(17)38)11-3-4-15(42-2)12(33)5-11/h3-7,18-19,21-22,24-26,28-31,33,35-41H,8-9H2,1-2H3/t18-,19-,21-,22-,24+,25+,26-,28-,29+,30-/m1/s1. The summed E-state index contributed by atoms with van der Waals surface area (Å²) in [6, 6.07) is 5.91. The minimum Gasteiger partial charge on any atom is -0.507 e. The van der Waals surface area contributed by atoms with Gasteiger partial charge in [-0.2, -0.15) is 0 Å². The van der Waals surface area contributed by atoms with Crippen molar-refractivity contribution in [1.29, 1.82) is 0 Å². The number of rotatable bonds is 9. The Hall–Kier alpha value is -4.24. The molecule has 0 aliphatic carbocycles. The van der Waals surface area contributed by atoms with Crippen LogP contribution in [0.3, 0.4) is 0 Å². The summed E-state index contributed by atoms with van der Waals surface area (Å²) in [5.74, 6) is -3.21. The summed E-state index contributed by atoms with van der Waals surface area (Å²) < 4.78 is 38.0. The number of fused-ring (bicyclic) bond motifs is 1. The fourth-order valence-electron chi connectivity index (χ4n) is 5.30. The molecule has 0 bridgehead atoms. The highest BCUT2D eigenvalue weighted by atomic mass is 16.8. The molecule has 0 amide bonds. The fourth-order valence-corrected chi connectivity index (χ4v) is 5.30. The molecule has 0 saturated carbocycles. The van der Waals surface area contributed by atoms with Crippen LogP contribution < -0.4 is 14.9 Å². The Kier molecular flexibility index (Phi) is 10.3. The molecule has 0 radical (unpaired) electrons. The van der Waals surface area contributed by atoms with Gasteiger partial charge in [0.05, 0.1) is 13.7 Å². The first-order valence-electron chi connectivity index (χ1n) is 14.4. The Morgan fingerprint density at radius 2 is 1.52 bits per heavy atom. The van der Waals surface area contributed by atoms with E-state index in [0.29, 0.717) is 0 Å². The number of phenolic OH excluding ortho intramolecular Hbond substituents is 3. The van der Waals surface area contributed by atoms with Crippen LogP contribution in [0.25, 0.3) is 22.3 Å². The first-order chi connectivity index (χ1) is 22.7. The van der Waals surface area contributed by atoms with Crippen molar-refractivity contribution in [1.82, 2.24) is 0 Å². The van der Waals surface area contributed by atoms with Crippen molar-refractivity contribution in [2.45, 2.75) is 68.3 Å². The summed E-state index contributed by atoms with van der Waals surface area (Å²) in [7, 11) is 1.34. The average molecular weight is 683 g/mol. The number of benzene rings is 2. The number of carbonyl (C=O) groups is 1. The predicted molar refractivity (Wildman–Crippen MR) is 156 cm³/mol. The van der Waals surface area contributed by atoms with Crippen molar-refractivity contribution in [3.05, 3.63) is 40.6 Å². The van der Waals surface area contributed by atoms with Crippen LogP contribution in [-0.2, 0) is 23.7 Å². The average Bonchev–Trinajstić information content (AvgIpc) is 3.05. The summed E-state index contributed by atoms with van der Waals surface area (Å²) in [5.41, 5.74) is -1.16. The quantitative estimate of drug-likeness (QED) is 0.0885. The molecule has 5 rings (SSSR count). The summed E-state index contributed by atoms with van der Waals surface area (Å²) in [6.45, 7) is -0.321. The normalized spacial score (nSPS) is 30.6. The maximum atomic E-state index is 13.0. The van der Waals surface area contributed by atoms with Crippen molar-refractivity contribution in [3.8, 4) is 40.1 Å². The number of hydrogen-bond donors (Lipinski definition) is 9. The third kappa shape index (κ3) is 6.70. The minimum absolute atomic E-state index is 0.132. The SMILES string of the molecule is COc1ccc(-c2cc(=O)c3c(O)cc(O[C@@H]4O[C@H](CO)[C@@H](O)[C@H](O)[C@H]4O[C@@H]4O[C@H](COC(C)=O)[C@@H](O)[C@H](O)[C@H]4O)c(O)c3o2)cc1O. The first-order valence-corrected chi connectivity index (χ1v) is 14.4. The summed E-state index contributed by atoms with van der Waals surface area (Å²) in [5, 5.41) is 94.2. The summed E-state index contributed by atoms with van der Waals surface area (Å²) in [4.78, 5) is 24.3. The van der Waals surface area contributed by atoms with Gasteiger partial charge in [0.25, 0.3) is 0 Å². The maximum absolute atomic E-state index is 13.0. The van der Waals surface area contributed by atoms with Crippen LogP contribution in [0.1, 0.15) is 6.92 Å². The van der Waals surface area contributed by atoms with Gasteiger partial charge < -0.3 is 78.8 Å². The Bertz CT molecular complexity index is 1690. The lowest BCUT2D eigenvalue weighted by molar-refractivity contribution is -0.358. The van der Waals surface area contributed by atoms with Crippen molar-refractivity contribution >= 4 is 16.9 Å². The molecular weight excluding hydrogens is 648 g/mol. The molecule has 18 heteroatoms. The Morgan fingerprint density at radius 3 is 2.17 bits per heavy atom. The minimum atomic E-state index is -1.96. The third-order valence-electron chi connectivity index (χ3n) is 7.86. The van der Waals surface area contributed by atoms with Gasteiger partial charge in [-0.25, -0.2) is 0 Å². The zero-order chi connectivity index (χ0) is 35.0. The van der Waals surface area contributed by atoms with E-state index >= 15 is 0 Å². The van der Waals surface area contributed by atoms with Crippen LogP contribution >= 0.6 is 0 Å². The van der Waals surface area contributed by atoms with Crippen LogP contribution in [0.5, 0.6) is 28.7 Å². The van der Waals surface area contributed by atoms with Crippen molar-refractivity contribution in [3.63, 3.8) is 0 Å². The molecule has 48 heavy (non-hydrogen) atoms. The lowest BCUT2D eigenvalue weighted by atomic mass is 9.97. The molecule has 2 fully saturated rings. The van der Waals surface area contributed by atoms with Crippen molar-refractivity contribution in [2.24, 2.45) is 0 Å². The molecule has 2 aromatic carbocycles. The summed E-state index contributed by atoms with van der Waals surface area (Å²) >= 11 is 0. The molecule has 2 saturated heterocycles. The first kappa shape index (κ1) is 35.1. The van der Waals surface area contributed by atoms with Gasteiger partial charge in [-0.15, -0.1) is 0 Å². The summed E-state index contributed by atoms with van der Waals surface area (Å²) in [6.07, 6.45) is -17.8. The molecular formula is C30H34O18. The Labute approximate surface area is 270 Å². The number of hydrogen-bond acceptors (Lipinski definition) is 18. The number of carbonyl (C=O) groups excluding carboxylic acids is 1. The largest absolute Gasteiger partial charge is 0.507 e. The van der Waals surface area contributed by atoms with Gasteiger partial charge in [-0.05, 0) is 18.2 Å². The smallest absolute Gasteiger partial charge is 0.302 e. The molecule has 2 aliphatic heterocycles. The lowest BCUT2D eigenvalue weighted by Gasteiger charge is -2.45. The van der Waals surface area contributed by atoms with Crippen LogP contribution in [0.15, 0.2) is 39.5 Å². The molecule has 1 aromatic heterocycles. The van der Waals surface area contributed by atoms with Gasteiger partial charge in [0.1, 0.15) is 66.2 Å². The molecule has 0 unspecified atom stereocenters. The van der Waals surface area contributed by atoms with E-state index in [1.54, 1.807) is 0 Å². The number of aliphatic hydroxyl groups is 6. The second kappa shape index (κ2) is 14.1. The zero-order valence-corrected chi connectivity index (χ0v) is 25.3. The van der Waals surface area contributed by atoms with Gasteiger partial charge in [-0.1, -0.05) is 0 Å². The maximum Gasteiger partial charge on any atom is 0.302 e. The molecule has 3 heterocycles.